The Bertz CT molecular complexity index is 1100. The minimum atomic E-state index is -5.35. The predicted octanol–water partition coefficient (Wildman–Crippen LogP) is -0.804. The number of phosphoric ester groups is 1. The summed E-state index contributed by atoms with van der Waals surface area (Å²) in [7, 11) is -10.6. The molecule has 18 nitrogen and oxygen atoms in total. The number of azide groups is 1. The normalized spacial score (nSPS) is 26.4. The van der Waals surface area contributed by atoms with E-state index >= 15 is 0 Å². The summed E-state index contributed by atoms with van der Waals surface area (Å²) in [5.41, 5.74) is 14.4. The van der Waals surface area contributed by atoms with Gasteiger partial charge >= 0.3 is 15.6 Å². The zero-order valence-corrected chi connectivity index (χ0v) is 16.3. The molecule has 30 heavy (non-hydrogen) atoms. The molecule has 0 radical (unpaired) electrons. The molecule has 3 rings (SSSR count). The molecule has 0 bridgehead atoms. The van der Waals surface area contributed by atoms with Crippen LogP contribution in [-0.2, 0) is 22.7 Å². The maximum absolute atomic E-state index is 11.6. The van der Waals surface area contributed by atoms with Gasteiger partial charge in [0, 0.05) is 4.91 Å². The van der Waals surface area contributed by atoms with Crippen LogP contribution in [0.3, 0.4) is 0 Å². The van der Waals surface area contributed by atoms with Gasteiger partial charge in [-0.05, 0) is 10.6 Å². The number of nitrogens with zero attached hydrogens (tertiary/aromatic N) is 7. The van der Waals surface area contributed by atoms with Crippen LogP contribution in [0.1, 0.15) is 6.23 Å². The number of imidazole rings is 1. The van der Waals surface area contributed by atoms with Gasteiger partial charge in [-0.1, -0.05) is 0 Å². The monoisotopic (exact) mass is 468 g/mol. The van der Waals surface area contributed by atoms with E-state index in [-0.39, 0.29) is 22.9 Å². The quantitative estimate of drug-likeness (QED) is 0.125. The van der Waals surface area contributed by atoms with Gasteiger partial charge in [0.25, 0.3) is 0 Å². The van der Waals surface area contributed by atoms with E-state index in [1.54, 1.807) is 0 Å². The second kappa shape index (κ2) is 8.14. The van der Waals surface area contributed by atoms with Crippen LogP contribution in [-0.4, -0.2) is 69.3 Å². The SMILES string of the molecule is [N-]=[N+]=Nc1nc2c(N)ncnc2n1[C@@H]1O[C@H](COP(=O)(O)OP(=O)(O)O)C(O)C1O. The van der Waals surface area contributed by atoms with E-state index in [0.29, 0.717) is 0 Å². The Morgan fingerprint density at radius 3 is 2.63 bits per heavy atom. The first-order chi connectivity index (χ1) is 13.9. The van der Waals surface area contributed by atoms with Gasteiger partial charge in [0.1, 0.15) is 24.6 Å². The Hall–Kier alpha value is -2.20. The number of fused-ring (bicyclic) bond motifs is 1. The van der Waals surface area contributed by atoms with Crippen LogP contribution < -0.4 is 5.73 Å². The third-order valence-electron chi connectivity index (χ3n) is 3.82. The fourth-order valence-corrected chi connectivity index (χ4v) is 4.26. The highest BCUT2D eigenvalue weighted by Crippen LogP contribution is 2.57. The molecule has 7 N–H and O–H groups in total. The molecular formula is C10H14N8O10P2. The molecule has 5 atom stereocenters. The fraction of sp³-hybridized carbons (Fsp3) is 0.500. The van der Waals surface area contributed by atoms with Gasteiger partial charge in [0.15, 0.2) is 23.2 Å². The zero-order valence-electron chi connectivity index (χ0n) is 14.5. The zero-order chi connectivity index (χ0) is 22.3. The average Bonchev–Trinajstić information content (AvgIpc) is 3.11. The lowest BCUT2D eigenvalue weighted by molar-refractivity contribution is -0.0495. The summed E-state index contributed by atoms with van der Waals surface area (Å²) < 4.78 is 36.7. The van der Waals surface area contributed by atoms with Crippen LogP contribution >= 0.6 is 15.6 Å². The number of nitrogens with two attached hydrogens (primary N) is 1. The fourth-order valence-electron chi connectivity index (χ4n) is 2.67. The van der Waals surface area contributed by atoms with Crippen LogP contribution in [0, 0.1) is 0 Å². The topological polar surface area (TPSA) is 281 Å². The van der Waals surface area contributed by atoms with Gasteiger partial charge in [-0.25, -0.2) is 24.1 Å². The largest absolute Gasteiger partial charge is 0.481 e. The number of hydrogen-bond acceptors (Lipinski definition) is 12. The van der Waals surface area contributed by atoms with E-state index < -0.39 is 46.8 Å². The standard InChI is InChI=1S/C10H14N8O10P2/c11-7-4-8(14-2-13-7)18(10(15-4)16-17-12)9-6(20)5(19)3(27-9)1-26-30(24,25)28-29(21,22)23/h2-3,5-6,9,19-20H,1H2,(H,24,25)(H2,11,13,14)(H2,21,22,23)/t3-,5?,6?,9-/m1/s1. The summed E-state index contributed by atoms with van der Waals surface area (Å²) in [6, 6.07) is 0. The number of ether oxygens (including phenoxy) is 1. The van der Waals surface area contributed by atoms with E-state index in [4.69, 9.17) is 25.8 Å². The second-order valence-electron chi connectivity index (χ2n) is 5.79. The smallest absolute Gasteiger partial charge is 0.387 e. The molecule has 2 aromatic rings. The molecule has 20 heteroatoms. The van der Waals surface area contributed by atoms with E-state index in [1.807, 2.05) is 0 Å². The third kappa shape index (κ3) is 4.59. The van der Waals surface area contributed by atoms with E-state index in [9.17, 15) is 24.2 Å². The molecule has 0 amide bonds. The first-order valence-electron chi connectivity index (χ1n) is 7.73. The number of phosphoric acid groups is 2. The number of hydrogen-bond donors (Lipinski definition) is 6. The number of rotatable bonds is 7. The molecule has 2 aromatic heterocycles. The van der Waals surface area contributed by atoms with Crippen molar-refractivity contribution in [2.75, 3.05) is 12.3 Å². The first-order valence-corrected chi connectivity index (χ1v) is 10.8. The van der Waals surface area contributed by atoms with Crippen molar-refractivity contribution in [3.8, 4) is 0 Å². The second-order valence-corrected chi connectivity index (χ2v) is 8.61. The highest BCUT2D eigenvalue weighted by atomic mass is 31.3. The molecule has 164 valence electrons. The number of aliphatic hydroxyl groups is 2. The van der Waals surface area contributed by atoms with Crippen molar-refractivity contribution in [1.29, 1.82) is 0 Å². The van der Waals surface area contributed by atoms with Crippen LogP contribution in [0.5, 0.6) is 0 Å². The molecule has 3 unspecified atom stereocenters. The van der Waals surface area contributed by atoms with Crippen molar-refractivity contribution >= 4 is 38.6 Å². The van der Waals surface area contributed by atoms with Crippen molar-refractivity contribution in [3.05, 3.63) is 16.8 Å². The number of aromatic nitrogens is 4. The highest BCUT2D eigenvalue weighted by Gasteiger charge is 2.46. The molecule has 0 aliphatic carbocycles. The molecule has 0 aromatic carbocycles. The Morgan fingerprint density at radius 1 is 1.30 bits per heavy atom. The molecule has 0 saturated carbocycles. The van der Waals surface area contributed by atoms with Gasteiger partial charge in [-0.15, -0.1) is 0 Å². The number of anilines is 1. The summed E-state index contributed by atoms with van der Waals surface area (Å²) in [6.07, 6.45) is -5.27. The van der Waals surface area contributed by atoms with E-state index in [1.165, 1.54) is 0 Å². The van der Waals surface area contributed by atoms with Crippen molar-refractivity contribution in [2.24, 2.45) is 5.11 Å². The lowest BCUT2D eigenvalue weighted by atomic mass is 10.1. The predicted molar refractivity (Wildman–Crippen MR) is 93.4 cm³/mol. The van der Waals surface area contributed by atoms with Crippen molar-refractivity contribution in [3.63, 3.8) is 0 Å². The van der Waals surface area contributed by atoms with Crippen molar-refractivity contribution < 1.29 is 47.6 Å². The molecule has 1 fully saturated rings. The Balaban J connectivity index is 1.88. The lowest BCUT2D eigenvalue weighted by Gasteiger charge is -2.18. The van der Waals surface area contributed by atoms with E-state index in [2.05, 4.69) is 33.8 Å². The number of nitrogen functional groups attached to an aromatic ring is 1. The van der Waals surface area contributed by atoms with E-state index in [0.717, 1.165) is 10.9 Å². The van der Waals surface area contributed by atoms with Gasteiger partial charge in [0.05, 0.1) is 6.61 Å². The van der Waals surface area contributed by atoms with Gasteiger partial charge in [-0.3, -0.25) is 9.09 Å². The molecule has 3 heterocycles. The molecule has 0 spiro atoms. The molecular weight excluding hydrogens is 454 g/mol. The van der Waals surface area contributed by atoms with Crippen molar-refractivity contribution in [2.45, 2.75) is 24.5 Å². The Labute approximate surface area is 165 Å². The highest BCUT2D eigenvalue weighted by molar-refractivity contribution is 7.60. The van der Waals surface area contributed by atoms with Crippen LogP contribution in [0.25, 0.3) is 21.6 Å². The van der Waals surface area contributed by atoms with Crippen LogP contribution in [0.4, 0.5) is 11.8 Å². The molecule has 1 aliphatic rings. The minimum absolute atomic E-state index is 0.0135. The maximum Gasteiger partial charge on any atom is 0.481 e. The molecule has 1 saturated heterocycles. The number of aliphatic hydroxyl groups excluding tert-OH is 2. The minimum Gasteiger partial charge on any atom is -0.387 e. The van der Waals surface area contributed by atoms with Gasteiger partial charge in [0.2, 0.25) is 5.95 Å². The Morgan fingerprint density at radius 2 is 2.00 bits per heavy atom. The van der Waals surface area contributed by atoms with Crippen LogP contribution in [0.2, 0.25) is 0 Å². The lowest BCUT2D eigenvalue weighted by Crippen LogP contribution is -2.33. The third-order valence-corrected chi connectivity index (χ3v) is 5.98. The van der Waals surface area contributed by atoms with Gasteiger partial charge < -0.3 is 35.4 Å². The summed E-state index contributed by atoms with van der Waals surface area (Å²) in [4.78, 5) is 40.7. The summed E-state index contributed by atoms with van der Waals surface area (Å²) in [5.74, 6) is -0.410. The Kier molecular flexibility index (Phi) is 6.10. The van der Waals surface area contributed by atoms with Crippen LogP contribution in [0.15, 0.2) is 11.4 Å². The summed E-state index contributed by atoms with van der Waals surface area (Å²) in [5, 5.41) is 23.9. The summed E-state index contributed by atoms with van der Waals surface area (Å²) >= 11 is 0. The summed E-state index contributed by atoms with van der Waals surface area (Å²) in [6.45, 7) is -0.914. The molecule has 1 aliphatic heterocycles. The van der Waals surface area contributed by atoms with Gasteiger partial charge in [-0.2, -0.15) is 4.31 Å². The van der Waals surface area contributed by atoms with Crippen molar-refractivity contribution in [1.82, 2.24) is 19.5 Å². The average molecular weight is 468 g/mol. The first kappa shape index (κ1) is 22.5. The maximum atomic E-state index is 11.6.